The molecule has 0 saturated carbocycles. The Morgan fingerprint density at radius 3 is 2.53 bits per heavy atom. The Bertz CT molecular complexity index is 1180. The highest BCUT2D eigenvalue weighted by Gasteiger charge is 2.13. The van der Waals surface area contributed by atoms with E-state index in [9.17, 15) is 4.79 Å². The van der Waals surface area contributed by atoms with Crippen LogP contribution in [-0.2, 0) is 11.3 Å². The van der Waals surface area contributed by atoms with Gasteiger partial charge in [-0.15, -0.1) is 10.2 Å². The molecule has 30 heavy (non-hydrogen) atoms. The molecule has 2 heterocycles. The summed E-state index contributed by atoms with van der Waals surface area (Å²) in [4.78, 5) is 13.3. The molecule has 0 fully saturated rings. The van der Waals surface area contributed by atoms with Gasteiger partial charge in [0.2, 0.25) is 5.82 Å². The van der Waals surface area contributed by atoms with Crippen LogP contribution in [0.5, 0.6) is 0 Å². The fourth-order valence-corrected chi connectivity index (χ4v) is 3.06. The number of carbonyl (C=O) groups excluding carboxylic acids is 1. The normalized spacial score (nSPS) is 11.1. The summed E-state index contributed by atoms with van der Waals surface area (Å²) >= 11 is 6.43. The van der Waals surface area contributed by atoms with Crippen LogP contribution < -0.4 is 5.43 Å². The summed E-state index contributed by atoms with van der Waals surface area (Å²) in [6.45, 7) is 1.70. The van der Waals surface area contributed by atoms with Crippen molar-refractivity contribution in [3.05, 3.63) is 77.1 Å². The van der Waals surface area contributed by atoms with Crippen molar-refractivity contribution in [3.63, 3.8) is 0 Å². The van der Waals surface area contributed by atoms with E-state index in [1.165, 1.54) is 11.0 Å². The number of nitrogens with one attached hydrogen (secondary N) is 1. The van der Waals surface area contributed by atoms with E-state index in [1.54, 1.807) is 4.68 Å². The average molecular weight is 421 g/mol. The third-order valence-electron chi connectivity index (χ3n) is 4.20. The number of halogens is 1. The van der Waals surface area contributed by atoms with Crippen molar-refractivity contribution in [2.24, 2.45) is 5.10 Å². The van der Waals surface area contributed by atoms with Crippen molar-refractivity contribution in [1.29, 1.82) is 0 Å². The van der Waals surface area contributed by atoms with Crippen LogP contribution in [0.15, 0.2) is 65.8 Å². The Balaban J connectivity index is 1.40. The molecular weight excluding hydrogens is 404 g/mol. The van der Waals surface area contributed by atoms with Gasteiger partial charge in [0.25, 0.3) is 5.91 Å². The highest BCUT2D eigenvalue weighted by Crippen LogP contribution is 2.21. The number of para-hydroxylation sites is 1. The van der Waals surface area contributed by atoms with E-state index in [0.29, 0.717) is 22.2 Å². The summed E-state index contributed by atoms with van der Waals surface area (Å²) in [5.41, 5.74) is 5.40. The molecule has 0 radical (unpaired) electrons. The van der Waals surface area contributed by atoms with Crippen LogP contribution in [0.3, 0.4) is 0 Å². The number of aryl methyl sites for hydroxylation is 1. The highest BCUT2D eigenvalue weighted by molar-refractivity contribution is 6.32. The van der Waals surface area contributed by atoms with Crippen molar-refractivity contribution in [2.75, 3.05) is 0 Å². The van der Waals surface area contributed by atoms with Gasteiger partial charge in [0, 0.05) is 5.56 Å². The number of amides is 1. The van der Waals surface area contributed by atoms with E-state index < -0.39 is 5.91 Å². The van der Waals surface area contributed by atoms with Gasteiger partial charge >= 0.3 is 0 Å². The lowest BCUT2D eigenvalue weighted by molar-refractivity contribution is -0.122. The first kappa shape index (κ1) is 19.5. The van der Waals surface area contributed by atoms with E-state index in [-0.39, 0.29) is 6.54 Å². The molecule has 0 atom stereocenters. The number of benzene rings is 2. The zero-order valence-electron chi connectivity index (χ0n) is 16.0. The predicted octanol–water partition coefficient (Wildman–Crippen LogP) is 2.64. The predicted molar refractivity (Wildman–Crippen MR) is 112 cm³/mol. The quantitative estimate of drug-likeness (QED) is 0.381. The lowest BCUT2D eigenvalue weighted by atomic mass is 10.2. The zero-order valence-corrected chi connectivity index (χ0v) is 16.7. The maximum absolute atomic E-state index is 12.1. The fraction of sp³-hybridized carbons (Fsp3) is 0.100. The van der Waals surface area contributed by atoms with Crippen LogP contribution >= 0.6 is 11.6 Å². The van der Waals surface area contributed by atoms with Gasteiger partial charge in [-0.2, -0.15) is 15.0 Å². The Morgan fingerprint density at radius 2 is 1.80 bits per heavy atom. The molecule has 0 unspecified atom stereocenters. The zero-order chi connectivity index (χ0) is 20.9. The van der Waals surface area contributed by atoms with Crippen LogP contribution in [0.1, 0.15) is 11.3 Å². The summed E-state index contributed by atoms with van der Waals surface area (Å²) in [6, 6.07) is 18.9. The van der Waals surface area contributed by atoms with Gasteiger partial charge in [0.15, 0.2) is 0 Å². The van der Waals surface area contributed by atoms with E-state index in [0.717, 1.165) is 11.3 Å². The molecule has 2 aromatic carbocycles. The third kappa shape index (κ3) is 4.26. The van der Waals surface area contributed by atoms with Crippen LogP contribution in [0.2, 0.25) is 5.15 Å². The van der Waals surface area contributed by atoms with Crippen molar-refractivity contribution in [3.8, 4) is 17.1 Å². The van der Waals surface area contributed by atoms with Crippen LogP contribution in [0.4, 0.5) is 0 Å². The molecule has 0 bridgehead atoms. The van der Waals surface area contributed by atoms with Crippen LogP contribution in [0.25, 0.3) is 17.1 Å². The second kappa shape index (κ2) is 8.66. The maximum Gasteiger partial charge on any atom is 0.263 e. The first-order valence-corrected chi connectivity index (χ1v) is 9.45. The van der Waals surface area contributed by atoms with Gasteiger partial charge in [0.1, 0.15) is 11.7 Å². The van der Waals surface area contributed by atoms with Crippen molar-refractivity contribution >= 4 is 23.7 Å². The number of aromatic nitrogens is 6. The molecule has 4 aromatic rings. The van der Waals surface area contributed by atoms with Crippen LogP contribution in [0, 0.1) is 6.92 Å². The molecule has 10 heteroatoms. The van der Waals surface area contributed by atoms with E-state index in [1.807, 2.05) is 67.6 Å². The number of hydrogen-bond donors (Lipinski definition) is 1. The Morgan fingerprint density at radius 1 is 1.10 bits per heavy atom. The maximum atomic E-state index is 12.1. The summed E-state index contributed by atoms with van der Waals surface area (Å²) in [5, 5.41) is 20.9. The molecule has 0 saturated heterocycles. The highest BCUT2D eigenvalue weighted by atomic mass is 35.5. The Kier molecular flexibility index (Phi) is 5.62. The number of carbonyl (C=O) groups is 1. The monoisotopic (exact) mass is 420 g/mol. The lowest BCUT2D eigenvalue weighted by Crippen LogP contribution is -2.24. The Labute approximate surface area is 177 Å². The van der Waals surface area contributed by atoms with Crippen molar-refractivity contribution in [1.82, 2.24) is 35.4 Å². The largest absolute Gasteiger partial charge is 0.271 e. The summed E-state index contributed by atoms with van der Waals surface area (Å²) in [5.74, 6) is 0.0510. The topological polar surface area (TPSA) is 103 Å². The standard InChI is InChI=1S/C20H17ClN8O/c1-14-17(19(21)29(25-14)16-10-6-3-7-11-16)12-22-23-18(30)13-28-26-20(24-27-28)15-8-4-2-5-9-15/h2-12H,13H2,1H3,(H,23,30)/b22-12-. The number of tetrazole rings is 1. The molecule has 2 aromatic heterocycles. The van der Waals surface area contributed by atoms with Gasteiger partial charge in [-0.3, -0.25) is 4.79 Å². The molecule has 150 valence electrons. The minimum Gasteiger partial charge on any atom is -0.271 e. The van der Waals surface area contributed by atoms with E-state index in [2.05, 4.69) is 31.0 Å². The van der Waals surface area contributed by atoms with Gasteiger partial charge < -0.3 is 0 Å². The number of rotatable bonds is 6. The molecule has 1 N–H and O–H groups in total. The van der Waals surface area contributed by atoms with Gasteiger partial charge in [-0.25, -0.2) is 10.1 Å². The first-order chi connectivity index (χ1) is 14.6. The summed E-state index contributed by atoms with van der Waals surface area (Å²) < 4.78 is 1.62. The molecule has 0 aliphatic rings. The minimum absolute atomic E-state index is 0.118. The second-order valence-corrected chi connectivity index (χ2v) is 6.70. The van der Waals surface area contributed by atoms with Gasteiger partial charge in [-0.1, -0.05) is 60.1 Å². The molecule has 1 amide bonds. The molecule has 4 rings (SSSR count). The second-order valence-electron chi connectivity index (χ2n) is 6.34. The molecular formula is C20H17ClN8O. The molecule has 0 aliphatic heterocycles. The summed E-state index contributed by atoms with van der Waals surface area (Å²) in [6.07, 6.45) is 1.46. The smallest absolute Gasteiger partial charge is 0.263 e. The van der Waals surface area contributed by atoms with Crippen molar-refractivity contribution in [2.45, 2.75) is 13.5 Å². The average Bonchev–Trinajstić information content (AvgIpc) is 3.34. The number of hydrazone groups is 1. The first-order valence-electron chi connectivity index (χ1n) is 9.07. The number of hydrogen-bond acceptors (Lipinski definition) is 6. The third-order valence-corrected chi connectivity index (χ3v) is 4.57. The molecule has 0 aliphatic carbocycles. The minimum atomic E-state index is -0.396. The van der Waals surface area contributed by atoms with E-state index >= 15 is 0 Å². The molecule has 9 nitrogen and oxygen atoms in total. The summed E-state index contributed by atoms with van der Waals surface area (Å²) in [7, 11) is 0. The van der Waals surface area contributed by atoms with Gasteiger partial charge in [-0.05, 0) is 24.3 Å². The van der Waals surface area contributed by atoms with E-state index in [4.69, 9.17) is 11.6 Å². The fourth-order valence-electron chi connectivity index (χ4n) is 2.74. The van der Waals surface area contributed by atoms with Crippen LogP contribution in [-0.4, -0.2) is 42.1 Å². The molecule has 0 spiro atoms. The van der Waals surface area contributed by atoms with Gasteiger partial charge in [0.05, 0.1) is 23.2 Å². The Hall–Kier alpha value is -3.85. The lowest BCUT2D eigenvalue weighted by Gasteiger charge is -2.02. The van der Waals surface area contributed by atoms with Crippen molar-refractivity contribution < 1.29 is 4.79 Å². The number of nitrogens with zero attached hydrogens (tertiary/aromatic N) is 7. The SMILES string of the molecule is Cc1nn(-c2ccccc2)c(Cl)c1/C=N\NC(=O)Cn1nnc(-c2ccccc2)n1.